The number of nitrogens with two attached hydrogens (primary N) is 1. The average molecular weight is 218 g/mol. The highest BCUT2D eigenvalue weighted by molar-refractivity contribution is 5.56. The number of para-hydroxylation sites is 1. The molecule has 1 fully saturated rings. The van der Waals surface area contributed by atoms with Crippen LogP contribution in [0.1, 0.15) is 32.3 Å². The van der Waals surface area contributed by atoms with E-state index in [1.165, 1.54) is 30.6 Å². The predicted molar refractivity (Wildman–Crippen MR) is 69.9 cm³/mol. The van der Waals surface area contributed by atoms with Crippen LogP contribution in [0.5, 0.6) is 0 Å². The van der Waals surface area contributed by atoms with Crippen molar-refractivity contribution in [1.29, 1.82) is 0 Å². The molecule has 0 atom stereocenters. The molecule has 2 nitrogen and oxygen atoms in total. The molecule has 0 spiro atoms. The molecule has 0 aromatic heterocycles. The average Bonchev–Trinajstić information content (AvgIpc) is 2.59. The highest BCUT2D eigenvalue weighted by atomic mass is 15.2. The molecule has 2 rings (SSSR count). The fourth-order valence-electron chi connectivity index (χ4n) is 2.69. The summed E-state index contributed by atoms with van der Waals surface area (Å²) in [5, 5.41) is 0. The maximum absolute atomic E-state index is 5.68. The molecule has 2 N–H and O–H groups in total. The Bertz CT molecular complexity index is 358. The van der Waals surface area contributed by atoms with E-state index < -0.39 is 0 Å². The Balaban J connectivity index is 2.32. The minimum absolute atomic E-state index is 0.296. The van der Waals surface area contributed by atoms with E-state index >= 15 is 0 Å². The molecule has 0 bridgehead atoms. The largest absolute Gasteiger partial charge is 0.366 e. The first-order chi connectivity index (χ1) is 7.65. The first kappa shape index (κ1) is 11.5. The van der Waals surface area contributed by atoms with Crippen molar-refractivity contribution in [1.82, 2.24) is 0 Å². The molecule has 0 saturated carbocycles. The second-order valence-electron chi connectivity index (χ2n) is 5.24. The van der Waals surface area contributed by atoms with Crippen molar-refractivity contribution < 1.29 is 0 Å². The molecule has 2 heteroatoms. The Labute approximate surface area is 98.4 Å². The van der Waals surface area contributed by atoms with Gasteiger partial charge < -0.3 is 10.6 Å². The van der Waals surface area contributed by atoms with Gasteiger partial charge in [0.05, 0.1) is 0 Å². The van der Waals surface area contributed by atoms with Crippen LogP contribution in [0.4, 0.5) is 5.69 Å². The van der Waals surface area contributed by atoms with Crippen LogP contribution in [-0.2, 0) is 6.42 Å². The Hall–Kier alpha value is -1.02. The van der Waals surface area contributed by atoms with Gasteiger partial charge in [-0.1, -0.05) is 18.2 Å². The van der Waals surface area contributed by atoms with Gasteiger partial charge in [0.15, 0.2) is 0 Å². The molecule has 16 heavy (non-hydrogen) atoms. The third-order valence-electron chi connectivity index (χ3n) is 3.60. The maximum Gasteiger partial charge on any atom is 0.0403 e. The van der Waals surface area contributed by atoms with Crippen molar-refractivity contribution in [2.24, 2.45) is 5.73 Å². The third-order valence-corrected chi connectivity index (χ3v) is 3.60. The van der Waals surface area contributed by atoms with Crippen LogP contribution in [0.2, 0.25) is 0 Å². The van der Waals surface area contributed by atoms with E-state index in [1.54, 1.807) is 0 Å². The zero-order valence-electron chi connectivity index (χ0n) is 10.4. The molecule has 0 amide bonds. The van der Waals surface area contributed by atoms with Gasteiger partial charge in [-0.3, -0.25) is 0 Å². The van der Waals surface area contributed by atoms with Crippen LogP contribution in [-0.4, -0.2) is 18.6 Å². The quantitative estimate of drug-likeness (QED) is 0.845. The smallest absolute Gasteiger partial charge is 0.0403 e. The molecule has 0 aliphatic carbocycles. The van der Waals surface area contributed by atoms with E-state index in [0.29, 0.717) is 5.54 Å². The lowest BCUT2D eigenvalue weighted by Crippen LogP contribution is -2.38. The summed E-state index contributed by atoms with van der Waals surface area (Å²) in [5.74, 6) is 0. The van der Waals surface area contributed by atoms with Crippen LogP contribution < -0.4 is 10.6 Å². The van der Waals surface area contributed by atoms with Gasteiger partial charge in [-0.25, -0.2) is 0 Å². The molecule has 0 unspecified atom stereocenters. The van der Waals surface area contributed by atoms with Crippen LogP contribution in [0.25, 0.3) is 0 Å². The summed E-state index contributed by atoms with van der Waals surface area (Å²) >= 11 is 0. The van der Waals surface area contributed by atoms with Crippen molar-refractivity contribution in [2.75, 3.05) is 18.0 Å². The molecule has 1 heterocycles. The molecule has 1 aromatic rings. The van der Waals surface area contributed by atoms with Crippen molar-refractivity contribution in [2.45, 2.75) is 38.6 Å². The normalized spacial score (nSPS) is 19.1. The summed E-state index contributed by atoms with van der Waals surface area (Å²) in [7, 11) is 0. The monoisotopic (exact) mass is 218 g/mol. The second-order valence-corrected chi connectivity index (χ2v) is 5.24. The SMILES string of the molecule is CC1(C)CCCN1c1ccccc1CCN. The number of benzene rings is 1. The Morgan fingerprint density at radius 1 is 1.31 bits per heavy atom. The fourth-order valence-corrected chi connectivity index (χ4v) is 2.69. The lowest BCUT2D eigenvalue weighted by molar-refractivity contribution is 0.517. The van der Waals surface area contributed by atoms with E-state index in [-0.39, 0.29) is 0 Å². The van der Waals surface area contributed by atoms with Crippen LogP contribution in [0, 0.1) is 0 Å². The van der Waals surface area contributed by atoms with E-state index in [4.69, 9.17) is 5.73 Å². The van der Waals surface area contributed by atoms with Crippen molar-refractivity contribution in [3.63, 3.8) is 0 Å². The summed E-state index contributed by atoms with van der Waals surface area (Å²) in [4.78, 5) is 2.54. The zero-order valence-corrected chi connectivity index (χ0v) is 10.4. The molecule has 1 aliphatic heterocycles. The summed E-state index contributed by atoms with van der Waals surface area (Å²) in [6.45, 7) is 6.57. The number of nitrogens with zero attached hydrogens (tertiary/aromatic N) is 1. The van der Waals surface area contributed by atoms with Crippen molar-refractivity contribution in [3.05, 3.63) is 29.8 Å². The van der Waals surface area contributed by atoms with Gasteiger partial charge in [-0.15, -0.1) is 0 Å². The van der Waals surface area contributed by atoms with Crippen molar-refractivity contribution in [3.8, 4) is 0 Å². The standard InChI is InChI=1S/C14H22N2/c1-14(2)9-5-11-16(14)13-7-4-3-6-12(13)8-10-15/h3-4,6-7H,5,8-11,15H2,1-2H3. The van der Waals surface area contributed by atoms with Crippen LogP contribution >= 0.6 is 0 Å². The van der Waals surface area contributed by atoms with Crippen LogP contribution in [0.15, 0.2) is 24.3 Å². The summed E-state index contributed by atoms with van der Waals surface area (Å²) in [6, 6.07) is 8.68. The third kappa shape index (κ3) is 2.07. The lowest BCUT2D eigenvalue weighted by Gasteiger charge is -2.35. The van der Waals surface area contributed by atoms with Gasteiger partial charge in [0, 0.05) is 17.8 Å². The highest BCUT2D eigenvalue weighted by Crippen LogP contribution is 2.35. The van der Waals surface area contributed by atoms with Gasteiger partial charge in [0.25, 0.3) is 0 Å². The molecule has 1 aliphatic rings. The van der Waals surface area contributed by atoms with Gasteiger partial charge in [-0.05, 0) is 51.3 Å². The number of anilines is 1. The topological polar surface area (TPSA) is 29.3 Å². The Morgan fingerprint density at radius 2 is 2.06 bits per heavy atom. The van der Waals surface area contributed by atoms with Crippen LogP contribution in [0.3, 0.4) is 0 Å². The van der Waals surface area contributed by atoms with Gasteiger partial charge >= 0.3 is 0 Å². The Kier molecular flexibility index (Phi) is 3.20. The molecule has 88 valence electrons. The number of hydrogen-bond acceptors (Lipinski definition) is 2. The second kappa shape index (κ2) is 4.46. The summed E-state index contributed by atoms with van der Waals surface area (Å²) in [5.41, 5.74) is 8.75. The van der Waals surface area contributed by atoms with Gasteiger partial charge in [-0.2, -0.15) is 0 Å². The predicted octanol–water partition coefficient (Wildman–Crippen LogP) is 2.57. The van der Waals surface area contributed by atoms with E-state index in [1.807, 2.05) is 0 Å². The summed E-state index contributed by atoms with van der Waals surface area (Å²) < 4.78 is 0. The number of rotatable bonds is 3. The van der Waals surface area contributed by atoms with Gasteiger partial charge in [0.1, 0.15) is 0 Å². The molecular formula is C14H22N2. The van der Waals surface area contributed by atoms with E-state index in [0.717, 1.165) is 13.0 Å². The minimum Gasteiger partial charge on any atom is -0.366 e. The van der Waals surface area contributed by atoms with Gasteiger partial charge in [0.2, 0.25) is 0 Å². The lowest BCUT2D eigenvalue weighted by atomic mass is 10.00. The maximum atomic E-state index is 5.68. The van der Waals surface area contributed by atoms with Crippen molar-refractivity contribution >= 4 is 5.69 Å². The fraction of sp³-hybridized carbons (Fsp3) is 0.571. The van der Waals surface area contributed by atoms with E-state index in [2.05, 4.69) is 43.0 Å². The number of hydrogen-bond donors (Lipinski definition) is 1. The molecular weight excluding hydrogens is 196 g/mol. The van der Waals surface area contributed by atoms with E-state index in [9.17, 15) is 0 Å². The first-order valence-electron chi connectivity index (χ1n) is 6.21. The first-order valence-corrected chi connectivity index (χ1v) is 6.21. The molecule has 1 aromatic carbocycles. The molecule has 1 saturated heterocycles. The molecule has 0 radical (unpaired) electrons. The summed E-state index contributed by atoms with van der Waals surface area (Å²) in [6.07, 6.45) is 3.55. The highest BCUT2D eigenvalue weighted by Gasteiger charge is 2.32. The Morgan fingerprint density at radius 3 is 2.69 bits per heavy atom. The zero-order chi connectivity index (χ0) is 11.6. The minimum atomic E-state index is 0.296.